The Morgan fingerprint density at radius 3 is 2.71 bits per heavy atom. The lowest BCUT2D eigenvalue weighted by molar-refractivity contribution is 0.0724. The molecule has 3 aromatic rings. The summed E-state index contributed by atoms with van der Waals surface area (Å²) in [6, 6.07) is 12.2. The molecule has 1 saturated heterocycles. The lowest BCUT2D eigenvalue weighted by atomic mass is 10.1. The zero-order chi connectivity index (χ0) is 16.5. The molecule has 4 rings (SSSR count). The number of hydrogen-bond donors (Lipinski definition) is 0. The van der Waals surface area contributed by atoms with Gasteiger partial charge in [0, 0.05) is 30.4 Å². The van der Waals surface area contributed by atoms with Crippen molar-refractivity contribution in [3.05, 3.63) is 59.9 Å². The third-order valence-electron chi connectivity index (χ3n) is 4.72. The first-order valence-electron chi connectivity index (χ1n) is 8.56. The standard InChI is InChI=1S/C20H21N3O/c1-15-6-5-7-16(12-15)18-14-21-19-13-17(8-11-23(18)19)20(24)22-9-3-2-4-10-22/h5-8,11-14H,2-4,9-10H2,1H3. The van der Waals surface area contributed by atoms with Crippen LogP contribution in [0, 0.1) is 6.92 Å². The van der Waals surface area contributed by atoms with Crippen molar-refractivity contribution in [1.29, 1.82) is 0 Å². The minimum absolute atomic E-state index is 0.123. The Labute approximate surface area is 141 Å². The topological polar surface area (TPSA) is 37.6 Å². The Morgan fingerprint density at radius 1 is 1.08 bits per heavy atom. The van der Waals surface area contributed by atoms with E-state index in [1.54, 1.807) is 0 Å². The predicted molar refractivity (Wildman–Crippen MR) is 95.1 cm³/mol. The number of benzene rings is 1. The largest absolute Gasteiger partial charge is 0.339 e. The number of piperidine rings is 1. The summed E-state index contributed by atoms with van der Waals surface area (Å²) in [5.74, 6) is 0.123. The third kappa shape index (κ3) is 2.68. The number of rotatable bonds is 2. The molecule has 3 heterocycles. The monoisotopic (exact) mass is 319 g/mol. The first-order valence-corrected chi connectivity index (χ1v) is 8.56. The number of aromatic nitrogens is 2. The molecule has 1 aromatic carbocycles. The van der Waals surface area contributed by atoms with Crippen LogP contribution in [0.5, 0.6) is 0 Å². The molecular weight excluding hydrogens is 298 g/mol. The molecule has 2 aromatic heterocycles. The predicted octanol–water partition coefficient (Wildman–Crippen LogP) is 3.94. The summed E-state index contributed by atoms with van der Waals surface area (Å²) in [6.07, 6.45) is 7.27. The fraction of sp³-hybridized carbons (Fsp3) is 0.300. The summed E-state index contributed by atoms with van der Waals surface area (Å²) in [5.41, 5.74) is 4.95. The van der Waals surface area contributed by atoms with Crippen LogP contribution in [-0.2, 0) is 0 Å². The van der Waals surface area contributed by atoms with Gasteiger partial charge < -0.3 is 4.90 Å². The maximum atomic E-state index is 12.7. The van der Waals surface area contributed by atoms with Gasteiger partial charge in [0.25, 0.3) is 5.91 Å². The van der Waals surface area contributed by atoms with Crippen LogP contribution < -0.4 is 0 Å². The van der Waals surface area contributed by atoms with Gasteiger partial charge in [0.1, 0.15) is 5.65 Å². The highest BCUT2D eigenvalue weighted by Gasteiger charge is 2.19. The van der Waals surface area contributed by atoms with Crippen molar-refractivity contribution >= 4 is 11.6 Å². The summed E-state index contributed by atoms with van der Waals surface area (Å²) in [4.78, 5) is 19.1. The number of aryl methyl sites for hydroxylation is 1. The number of amides is 1. The van der Waals surface area contributed by atoms with Crippen molar-refractivity contribution < 1.29 is 4.79 Å². The van der Waals surface area contributed by atoms with E-state index in [-0.39, 0.29) is 5.91 Å². The molecule has 0 bridgehead atoms. The SMILES string of the molecule is Cc1cccc(-c2cnc3cc(C(=O)N4CCCCC4)ccn23)c1. The summed E-state index contributed by atoms with van der Waals surface area (Å²) < 4.78 is 2.04. The van der Waals surface area contributed by atoms with Crippen LogP contribution >= 0.6 is 0 Å². The van der Waals surface area contributed by atoms with E-state index in [1.165, 1.54) is 12.0 Å². The molecule has 0 radical (unpaired) electrons. The van der Waals surface area contributed by atoms with E-state index in [1.807, 2.05) is 33.8 Å². The van der Waals surface area contributed by atoms with E-state index in [0.717, 1.165) is 48.4 Å². The van der Waals surface area contributed by atoms with Gasteiger partial charge in [-0.1, -0.05) is 23.8 Å². The highest BCUT2D eigenvalue weighted by atomic mass is 16.2. The van der Waals surface area contributed by atoms with Crippen molar-refractivity contribution in [2.24, 2.45) is 0 Å². The van der Waals surface area contributed by atoms with Gasteiger partial charge in [-0.15, -0.1) is 0 Å². The molecule has 1 aliphatic heterocycles. The Balaban J connectivity index is 1.69. The van der Waals surface area contributed by atoms with Crippen LogP contribution in [0.1, 0.15) is 35.2 Å². The number of nitrogens with zero attached hydrogens (tertiary/aromatic N) is 3. The average molecular weight is 319 g/mol. The second kappa shape index (κ2) is 6.11. The fourth-order valence-corrected chi connectivity index (χ4v) is 3.41. The van der Waals surface area contributed by atoms with Crippen LogP contribution in [0.3, 0.4) is 0 Å². The Morgan fingerprint density at radius 2 is 1.92 bits per heavy atom. The van der Waals surface area contributed by atoms with Crippen molar-refractivity contribution in [3.63, 3.8) is 0 Å². The summed E-state index contributed by atoms with van der Waals surface area (Å²) in [6.45, 7) is 3.82. The first-order chi connectivity index (χ1) is 11.7. The second-order valence-corrected chi connectivity index (χ2v) is 6.51. The van der Waals surface area contributed by atoms with E-state index >= 15 is 0 Å². The quantitative estimate of drug-likeness (QED) is 0.717. The smallest absolute Gasteiger partial charge is 0.254 e. The zero-order valence-corrected chi connectivity index (χ0v) is 13.9. The van der Waals surface area contributed by atoms with Crippen LogP contribution in [0.2, 0.25) is 0 Å². The number of carbonyl (C=O) groups is 1. The molecule has 4 heteroatoms. The van der Waals surface area contributed by atoms with E-state index in [0.29, 0.717) is 0 Å². The molecule has 0 aliphatic carbocycles. The molecule has 1 amide bonds. The second-order valence-electron chi connectivity index (χ2n) is 6.51. The number of likely N-dealkylation sites (tertiary alicyclic amines) is 1. The van der Waals surface area contributed by atoms with Crippen molar-refractivity contribution in [2.45, 2.75) is 26.2 Å². The van der Waals surface area contributed by atoms with Crippen LogP contribution in [0.15, 0.2) is 48.8 Å². The summed E-state index contributed by atoms with van der Waals surface area (Å²) >= 11 is 0. The van der Waals surface area contributed by atoms with Crippen LogP contribution in [0.4, 0.5) is 0 Å². The minimum atomic E-state index is 0.123. The molecular formula is C20H21N3O. The molecule has 122 valence electrons. The molecule has 0 N–H and O–H groups in total. The van der Waals surface area contributed by atoms with Crippen molar-refractivity contribution in [3.8, 4) is 11.3 Å². The highest BCUT2D eigenvalue weighted by Crippen LogP contribution is 2.23. The maximum Gasteiger partial charge on any atom is 0.254 e. The molecule has 0 atom stereocenters. The van der Waals surface area contributed by atoms with Crippen LogP contribution in [-0.4, -0.2) is 33.3 Å². The summed E-state index contributed by atoms with van der Waals surface area (Å²) in [7, 11) is 0. The average Bonchev–Trinajstić information content (AvgIpc) is 3.05. The molecule has 1 aliphatic rings. The minimum Gasteiger partial charge on any atom is -0.339 e. The van der Waals surface area contributed by atoms with E-state index < -0.39 is 0 Å². The first kappa shape index (κ1) is 14.9. The molecule has 0 spiro atoms. The summed E-state index contributed by atoms with van der Waals surface area (Å²) in [5, 5.41) is 0. The highest BCUT2D eigenvalue weighted by molar-refractivity contribution is 5.95. The van der Waals surface area contributed by atoms with Gasteiger partial charge >= 0.3 is 0 Å². The van der Waals surface area contributed by atoms with Gasteiger partial charge in [0.05, 0.1) is 11.9 Å². The van der Waals surface area contributed by atoms with Gasteiger partial charge in [-0.2, -0.15) is 0 Å². The lowest BCUT2D eigenvalue weighted by Crippen LogP contribution is -2.35. The maximum absolute atomic E-state index is 12.7. The van der Waals surface area contributed by atoms with Crippen molar-refractivity contribution in [1.82, 2.24) is 14.3 Å². The molecule has 0 saturated carbocycles. The van der Waals surface area contributed by atoms with Gasteiger partial charge in [0.2, 0.25) is 0 Å². The number of imidazole rings is 1. The number of carbonyl (C=O) groups excluding carboxylic acids is 1. The number of pyridine rings is 1. The molecule has 24 heavy (non-hydrogen) atoms. The van der Waals surface area contributed by atoms with Gasteiger partial charge in [-0.05, 0) is 44.4 Å². The van der Waals surface area contributed by atoms with E-state index in [9.17, 15) is 4.79 Å². The third-order valence-corrected chi connectivity index (χ3v) is 4.72. The fourth-order valence-electron chi connectivity index (χ4n) is 3.41. The van der Waals surface area contributed by atoms with Gasteiger partial charge in [0.15, 0.2) is 0 Å². The number of fused-ring (bicyclic) bond motifs is 1. The van der Waals surface area contributed by atoms with Crippen LogP contribution in [0.25, 0.3) is 16.9 Å². The van der Waals surface area contributed by atoms with Gasteiger partial charge in [-0.3, -0.25) is 9.20 Å². The Bertz CT molecular complexity index is 891. The molecule has 0 unspecified atom stereocenters. The molecule has 1 fully saturated rings. The zero-order valence-electron chi connectivity index (χ0n) is 13.9. The molecule has 4 nitrogen and oxygen atoms in total. The van der Waals surface area contributed by atoms with Gasteiger partial charge in [-0.25, -0.2) is 4.98 Å². The van der Waals surface area contributed by atoms with E-state index in [4.69, 9.17) is 0 Å². The van der Waals surface area contributed by atoms with Crippen molar-refractivity contribution in [2.75, 3.05) is 13.1 Å². The number of hydrogen-bond acceptors (Lipinski definition) is 2. The Hall–Kier alpha value is -2.62. The normalized spacial score (nSPS) is 15.0. The lowest BCUT2D eigenvalue weighted by Gasteiger charge is -2.26. The Kier molecular flexibility index (Phi) is 3.81. The van der Waals surface area contributed by atoms with E-state index in [2.05, 4.69) is 36.2 Å².